The lowest BCUT2D eigenvalue weighted by atomic mass is 10.3. The van der Waals surface area contributed by atoms with Gasteiger partial charge in [0, 0.05) is 5.75 Å². The van der Waals surface area contributed by atoms with Crippen LogP contribution >= 0.6 is 24.0 Å². The molecule has 1 aliphatic rings. The molecule has 1 heterocycles. The van der Waals surface area contributed by atoms with Crippen LogP contribution in [0.3, 0.4) is 0 Å². The van der Waals surface area contributed by atoms with Crippen molar-refractivity contribution in [2.75, 3.05) is 12.4 Å². The quantitative estimate of drug-likeness (QED) is 0.737. The molecule has 14 heavy (non-hydrogen) atoms. The molecule has 1 saturated heterocycles. The fourth-order valence-electron chi connectivity index (χ4n) is 1.15. The van der Waals surface area contributed by atoms with Gasteiger partial charge < -0.3 is 9.47 Å². The summed E-state index contributed by atoms with van der Waals surface area (Å²) in [7, 11) is 0. The topological polar surface area (TPSA) is 18.5 Å². The van der Waals surface area contributed by atoms with E-state index in [0.29, 0.717) is 11.0 Å². The predicted molar refractivity (Wildman–Crippen MR) is 61.9 cm³/mol. The number of thioether (sulfide) groups is 1. The zero-order valence-corrected chi connectivity index (χ0v) is 9.14. The van der Waals surface area contributed by atoms with E-state index in [1.54, 1.807) is 11.8 Å². The Balaban J connectivity index is 1.80. The van der Waals surface area contributed by atoms with Crippen molar-refractivity contribution in [3.05, 3.63) is 30.3 Å². The lowest BCUT2D eigenvalue weighted by molar-refractivity contribution is 0.151. The van der Waals surface area contributed by atoms with Crippen LogP contribution in [0, 0.1) is 0 Å². The van der Waals surface area contributed by atoms with Gasteiger partial charge in [0.05, 0.1) is 0 Å². The van der Waals surface area contributed by atoms with E-state index in [4.69, 9.17) is 21.7 Å². The van der Waals surface area contributed by atoms with Crippen molar-refractivity contribution in [3.8, 4) is 5.75 Å². The standard InChI is InChI=1S/C10H10O2S2/c13-10-12-9(7-14-10)6-11-8-4-2-1-3-5-8/h1-5,9H,6-7H2/t9-/m1/s1. The Morgan fingerprint density at radius 3 is 2.86 bits per heavy atom. The van der Waals surface area contributed by atoms with Crippen LogP contribution in [0.2, 0.25) is 0 Å². The van der Waals surface area contributed by atoms with Gasteiger partial charge in [-0.2, -0.15) is 0 Å². The van der Waals surface area contributed by atoms with Crippen LogP contribution < -0.4 is 4.74 Å². The minimum Gasteiger partial charge on any atom is -0.490 e. The highest BCUT2D eigenvalue weighted by Gasteiger charge is 2.21. The molecule has 2 nitrogen and oxygen atoms in total. The summed E-state index contributed by atoms with van der Waals surface area (Å²) >= 11 is 6.48. The number of benzene rings is 1. The number of thiocarbonyl (C=S) groups is 1. The first-order valence-electron chi connectivity index (χ1n) is 4.36. The van der Waals surface area contributed by atoms with Gasteiger partial charge in [-0.25, -0.2) is 0 Å². The summed E-state index contributed by atoms with van der Waals surface area (Å²) in [6.45, 7) is 0.567. The molecule has 0 bridgehead atoms. The van der Waals surface area contributed by atoms with Gasteiger partial charge in [0.1, 0.15) is 18.5 Å². The van der Waals surface area contributed by atoms with Crippen molar-refractivity contribution in [3.63, 3.8) is 0 Å². The molecule has 1 aromatic rings. The maximum absolute atomic E-state index is 5.54. The Morgan fingerprint density at radius 1 is 1.43 bits per heavy atom. The molecule has 0 unspecified atom stereocenters. The third kappa shape index (κ3) is 2.62. The van der Waals surface area contributed by atoms with E-state index >= 15 is 0 Å². The first kappa shape index (κ1) is 9.80. The van der Waals surface area contributed by atoms with Crippen molar-refractivity contribution >= 4 is 28.4 Å². The summed E-state index contributed by atoms with van der Waals surface area (Å²) in [5, 5.41) is 0. The molecule has 4 heteroatoms. The molecule has 0 aliphatic carbocycles. The van der Waals surface area contributed by atoms with Crippen molar-refractivity contribution < 1.29 is 9.47 Å². The van der Waals surface area contributed by atoms with Crippen LogP contribution in [0.25, 0.3) is 0 Å². The molecule has 0 saturated carbocycles. The van der Waals surface area contributed by atoms with Gasteiger partial charge >= 0.3 is 0 Å². The van der Waals surface area contributed by atoms with Crippen LogP contribution in [0.1, 0.15) is 0 Å². The molecule has 2 rings (SSSR count). The zero-order valence-electron chi connectivity index (χ0n) is 7.51. The van der Waals surface area contributed by atoms with Crippen LogP contribution in [0.5, 0.6) is 5.75 Å². The molecular weight excluding hydrogens is 216 g/mol. The number of ether oxygens (including phenoxy) is 2. The van der Waals surface area contributed by atoms with Gasteiger partial charge in [-0.3, -0.25) is 0 Å². The van der Waals surface area contributed by atoms with Crippen molar-refractivity contribution in [1.82, 2.24) is 0 Å². The van der Waals surface area contributed by atoms with E-state index in [0.717, 1.165) is 11.5 Å². The van der Waals surface area contributed by atoms with Gasteiger partial charge in [-0.15, -0.1) is 0 Å². The largest absolute Gasteiger partial charge is 0.490 e. The van der Waals surface area contributed by atoms with Crippen LogP contribution in [-0.4, -0.2) is 22.8 Å². The lowest BCUT2D eigenvalue weighted by Gasteiger charge is -2.10. The molecule has 0 aromatic heterocycles. The average molecular weight is 226 g/mol. The zero-order chi connectivity index (χ0) is 9.80. The summed E-state index contributed by atoms with van der Waals surface area (Å²) in [6, 6.07) is 9.72. The number of hydrogen-bond acceptors (Lipinski definition) is 4. The monoisotopic (exact) mass is 226 g/mol. The summed E-state index contributed by atoms with van der Waals surface area (Å²) in [5.74, 6) is 1.77. The van der Waals surface area contributed by atoms with E-state index in [1.165, 1.54) is 0 Å². The van der Waals surface area contributed by atoms with Gasteiger partial charge in [-0.1, -0.05) is 30.0 Å². The Kier molecular flexibility index (Phi) is 3.26. The Bertz CT molecular complexity index is 313. The normalized spacial score (nSPS) is 20.6. The van der Waals surface area contributed by atoms with E-state index in [-0.39, 0.29) is 6.10 Å². The number of para-hydroxylation sites is 1. The van der Waals surface area contributed by atoms with Crippen LogP contribution in [0.15, 0.2) is 30.3 Å². The van der Waals surface area contributed by atoms with Gasteiger partial charge in [0.2, 0.25) is 4.38 Å². The maximum Gasteiger partial charge on any atom is 0.220 e. The smallest absolute Gasteiger partial charge is 0.220 e. The van der Waals surface area contributed by atoms with Gasteiger partial charge in [0.25, 0.3) is 0 Å². The Hall–Kier alpha value is -0.740. The molecule has 0 N–H and O–H groups in total. The lowest BCUT2D eigenvalue weighted by Crippen LogP contribution is -2.19. The summed E-state index contributed by atoms with van der Waals surface area (Å²) < 4.78 is 11.5. The Morgan fingerprint density at radius 2 is 2.21 bits per heavy atom. The number of rotatable bonds is 3. The average Bonchev–Trinajstić information content (AvgIpc) is 2.63. The second-order valence-corrected chi connectivity index (χ2v) is 4.55. The molecule has 1 fully saturated rings. The maximum atomic E-state index is 5.54. The third-order valence-electron chi connectivity index (χ3n) is 1.83. The molecule has 0 amide bonds. The molecule has 0 radical (unpaired) electrons. The molecule has 0 spiro atoms. The van der Waals surface area contributed by atoms with E-state index in [2.05, 4.69) is 0 Å². The van der Waals surface area contributed by atoms with E-state index < -0.39 is 0 Å². The summed E-state index contributed by atoms with van der Waals surface area (Å²) in [4.78, 5) is 0. The molecule has 1 aromatic carbocycles. The second-order valence-electron chi connectivity index (χ2n) is 2.92. The Labute approximate surface area is 92.6 Å². The van der Waals surface area contributed by atoms with Crippen molar-refractivity contribution in [2.45, 2.75) is 6.10 Å². The van der Waals surface area contributed by atoms with Crippen LogP contribution in [0.4, 0.5) is 0 Å². The second kappa shape index (κ2) is 4.66. The number of hydrogen-bond donors (Lipinski definition) is 0. The summed E-state index contributed by atoms with van der Waals surface area (Å²) in [5.41, 5.74) is 0. The van der Waals surface area contributed by atoms with Crippen molar-refractivity contribution in [2.24, 2.45) is 0 Å². The van der Waals surface area contributed by atoms with E-state index in [9.17, 15) is 0 Å². The molecule has 1 atom stereocenters. The highest BCUT2D eigenvalue weighted by Crippen LogP contribution is 2.20. The highest BCUT2D eigenvalue weighted by molar-refractivity contribution is 8.22. The van der Waals surface area contributed by atoms with Gasteiger partial charge in [-0.05, 0) is 24.4 Å². The van der Waals surface area contributed by atoms with E-state index in [1.807, 2.05) is 30.3 Å². The van der Waals surface area contributed by atoms with Gasteiger partial charge in [0.15, 0.2) is 0 Å². The first-order valence-corrected chi connectivity index (χ1v) is 5.75. The third-order valence-corrected chi connectivity index (χ3v) is 3.15. The minimum absolute atomic E-state index is 0.104. The van der Waals surface area contributed by atoms with Crippen LogP contribution in [-0.2, 0) is 4.74 Å². The fourth-order valence-corrected chi connectivity index (χ4v) is 2.18. The highest BCUT2D eigenvalue weighted by atomic mass is 32.2. The predicted octanol–water partition coefficient (Wildman–Crippen LogP) is 2.48. The first-order chi connectivity index (χ1) is 6.84. The van der Waals surface area contributed by atoms with Crippen molar-refractivity contribution in [1.29, 1.82) is 0 Å². The molecule has 1 aliphatic heterocycles. The molecule has 74 valence electrons. The molecular formula is C10H10O2S2. The fraction of sp³-hybridized carbons (Fsp3) is 0.300. The SMILES string of the molecule is S=C1O[C@H](COc2ccccc2)CS1. The minimum atomic E-state index is 0.104. The summed E-state index contributed by atoms with van der Waals surface area (Å²) in [6.07, 6.45) is 0.104.